The molecule has 354 valence electrons. The minimum Gasteiger partial charge on any atom is -0.485 e. The van der Waals surface area contributed by atoms with Crippen molar-refractivity contribution in [3.8, 4) is 23.0 Å². The van der Waals surface area contributed by atoms with E-state index in [1.54, 1.807) is 19.1 Å². The van der Waals surface area contributed by atoms with E-state index in [-0.39, 0.29) is 51.9 Å². The van der Waals surface area contributed by atoms with Crippen LogP contribution in [0.4, 0.5) is 15.8 Å². The Bertz CT molecular complexity index is 2830. The standard InChI is InChI=1S/C50H57FN6O9S/c1-30(2)36-7-4-5-8-37(36)41-9-6-18-56(41)33-25-50(26-33)16-19-55(20-17-50)32-10-11-38(43(21-32)65-34-22-39-40(51)28-53-47(39)52-27-34)48(58)54-67(62,63)35-23-42(57(60)61)46-44(24-35)64-29-45(66-46)31-12-14-49(3,59)15-13-31/h4-5,7-8,10-11,21-24,27-28,30-31,33,41,45,59H,6,9,12-20,25-26,29H2,1-3H3,(H,52,53)(H,54,58)/t31?,41-,45-,49?/m0/s1. The van der Waals surface area contributed by atoms with Crippen molar-refractivity contribution < 1.29 is 41.8 Å². The smallest absolute Gasteiger partial charge is 0.316 e. The lowest BCUT2D eigenvalue weighted by Crippen LogP contribution is -2.54. The van der Waals surface area contributed by atoms with Gasteiger partial charge in [-0.15, -0.1) is 0 Å². The molecule has 3 N–H and O–H groups in total. The minimum atomic E-state index is -4.74. The first-order valence-corrected chi connectivity index (χ1v) is 25.0. The fraction of sp³-hybridized carbons (Fsp3) is 0.480. The molecule has 2 aromatic heterocycles. The SMILES string of the molecule is CC(C)c1ccccc1[C@@H]1CCCN1C1CC2(CCN(c3ccc(C(=O)NS(=O)(=O)c4cc5c(c([N+](=O)[O-])c4)O[C@H](C4CCC(C)(O)CC4)CO5)c(Oc4cnc5[nH]cc(F)c5c4)c3)CC2)C1. The summed E-state index contributed by atoms with van der Waals surface area (Å²) in [5.74, 6) is -1.34. The summed E-state index contributed by atoms with van der Waals surface area (Å²) in [4.78, 5) is 37.1. The zero-order chi connectivity index (χ0) is 46.8. The molecule has 1 spiro atoms. The lowest BCUT2D eigenvalue weighted by Gasteiger charge is -2.56. The second-order valence-corrected chi connectivity index (χ2v) is 21.7. The molecule has 1 amide bonds. The molecular formula is C50H57FN6O9S. The number of piperidine rings is 1. The van der Waals surface area contributed by atoms with Crippen LogP contribution in [-0.2, 0) is 10.0 Å². The Morgan fingerprint density at radius 3 is 2.55 bits per heavy atom. The Morgan fingerprint density at radius 1 is 1.04 bits per heavy atom. The normalized spacial score (nSPS) is 24.2. The number of ether oxygens (including phenoxy) is 3. The van der Waals surface area contributed by atoms with E-state index in [1.165, 1.54) is 48.5 Å². The number of rotatable bonds is 11. The van der Waals surface area contributed by atoms with Gasteiger partial charge in [-0.25, -0.2) is 22.5 Å². The average Bonchev–Trinajstić information content (AvgIpc) is 3.94. The van der Waals surface area contributed by atoms with E-state index in [9.17, 15) is 32.8 Å². The summed E-state index contributed by atoms with van der Waals surface area (Å²) in [7, 11) is -4.74. The Hall–Kier alpha value is -5.78. The molecule has 3 aliphatic heterocycles. The summed E-state index contributed by atoms with van der Waals surface area (Å²) in [6, 6.07) is 18.2. The molecule has 17 heteroatoms. The van der Waals surface area contributed by atoms with Crippen LogP contribution in [-0.4, -0.2) is 83.2 Å². The number of nitrogens with zero attached hydrogens (tertiary/aromatic N) is 4. The molecule has 10 rings (SSSR count). The third-order valence-corrected chi connectivity index (χ3v) is 16.5. The Labute approximate surface area is 389 Å². The van der Waals surface area contributed by atoms with Crippen LogP contribution < -0.4 is 23.8 Å². The van der Waals surface area contributed by atoms with Crippen molar-refractivity contribution in [1.29, 1.82) is 0 Å². The summed E-state index contributed by atoms with van der Waals surface area (Å²) in [6.07, 6.45) is 11.1. The molecule has 2 aliphatic carbocycles. The highest BCUT2D eigenvalue weighted by Crippen LogP contribution is 2.54. The highest BCUT2D eigenvalue weighted by molar-refractivity contribution is 7.90. The number of aromatic amines is 1. The summed E-state index contributed by atoms with van der Waals surface area (Å²) >= 11 is 0. The number of nitro benzene ring substituents is 1. The van der Waals surface area contributed by atoms with E-state index in [0.29, 0.717) is 49.3 Å². The van der Waals surface area contributed by atoms with E-state index in [0.717, 1.165) is 63.1 Å². The van der Waals surface area contributed by atoms with Crippen molar-refractivity contribution in [3.63, 3.8) is 0 Å². The van der Waals surface area contributed by atoms with Gasteiger partial charge in [0.1, 0.15) is 35.7 Å². The van der Waals surface area contributed by atoms with Gasteiger partial charge >= 0.3 is 5.69 Å². The Balaban J connectivity index is 0.863. The molecule has 2 atom stereocenters. The number of H-pyrrole nitrogens is 1. The maximum atomic E-state index is 14.7. The van der Waals surface area contributed by atoms with Gasteiger partial charge in [-0.2, -0.15) is 0 Å². The molecule has 5 aromatic rings. The monoisotopic (exact) mass is 936 g/mol. The van der Waals surface area contributed by atoms with E-state index < -0.39 is 49.0 Å². The number of fused-ring (bicyclic) bond motifs is 2. The molecular weight excluding hydrogens is 880 g/mol. The largest absolute Gasteiger partial charge is 0.485 e. The molecule has 0 radical (unpaired) electrons. The first kappa shape index (κ1) is 45.0. The molecule has 4 fully saturated rings. The van der Waals surface area contributed by atoms with Gasteiger partial charge in [-0.3, -0.25) is 19.8 Å². The Morgan fingerprint density at radius 2 is 1.81 bits per heavy atom. The molecule has 3 aromatic carbocycles. The van der Waals surface area contributed by atoms with Crippen LogP contribution in [0.1, 0.15) is 118 Å². The predicted molar refractivity (Wildman–Crippen MR) is 249 cm³/mol. The van der Waals surface area contributed by atoms with Gasteiger partial charge in [0.2, 0.25) is 5.75 Å². The zero-order valence-corrected chi connectivity index (χ0v) is 38.8. The predicted octanol–water partition coefficient (Wildman–Crippen LogP) is 9.31. The van der Waals surface area contributed by atoms with Gasteiger partial charge in [0.05, 0.1) is 32.6 Å². The van der Waals surface area contributed by atoms with Gasteiger partial charge < -0.3 is 29.2 Å². The number of benzene rings is 3. The van der Waals surface area contributed by atoms with Gasteiger partial charge in [0.15, 0.2) is 5.75 Å². The molecule has 5 aliphatic rings. The summed E-state index contributed by atoms with van der Waals surface area (Å²) in [5, 5.41) is 22.9. The molecule has 15 nitrogen and oxygen atoms in total. The Kier molecular flexibility index (Phi) is 11.7. The third kappa shape index (κ3) is 8.81. The fourth-order valence-corrected chi connectivity index (χ4v) is 12.4. The van der Waals surface area contributed by atoms with Gasteiger partial charge in [-0.1, -0.05) is 38.1 Å². The second-order valence-electron chi connectivity index (χ2n) is 20.0. The quantitative estimate of drug-likeness (QED) is 0.0842. The lowest BCUT2D eigenvalue weighted by atomic mass is 9.59. The maximum absolute atomic E-state index is 14.7. The number of nitro groups is 1. The van der Waals surface area contributed by atoms with Crippen molar-refractivity contribution in [2.24, 2.45) is 11.3 Å². The number of likely N-dealkylation sites (tertiary alicyclic amines) is 1. The summed E-state index contributed by atoms with van der Waals surface area (Å²) < 4.78 is 62.9. The number of aromatic nitrogens is 2. The number of nitrogens with one attached hydrogen (secondary N) is 2. The minimum absolute atomic E-state index is 0.0106. The number of hydrogen-bond donors (Lipinski definition) is 3. The number of carbonyl (C=O) groups excluding carboxylic acids is 1. The van der Waals surface area contributed by atoms with Gasteiger partial charge in [0, 0.05) is 55.3 Å². The summed E-state index contributed by atoms with van der Waals surface area (Å²) in [6.45, 7) is 9.02. The lowest BCUT2D eigenvalue weighted by molar-refractivity contribution is -0.386. The van der Waals surface area contributed by atoms with Crippen molar-refractivity contribution in [1.82, 2.24) is 19.6 Å². The molecule has 67 heavy (non-hydrogen) atoms. The van der Waals surface area contributed by atoms with Crippen LogP contribution in [0.5, 0.6) is 23.0 Å². The van der Waals surface area contributed by atoms with Gasteiger partial charge in [-0.05, 0) is 124 Å². The van der Waals surface area contributed by atoms with Crippen LogP contribution in [0.2, 0.25) is 0 Å². The molecule has 2 saturated carbocycles. The van der Waals surface area contributed by atoms with Crippen LogP contribution >= 0.6 is 0 Å². The van der Waals surface area contributed by atoms with E-state index in [1.807, 2.05) is 0 Å². The van der Waals surface area contributed by atoms with Crippen LogP contribution in [0.3, 0.4) is 0 Å². The molecule has 5 heterocycles. The maximum Gasteiger partial charge on any atom is 0.316 e. The average molecular weight is 937 g/mol. The first-order valence-electron chi connectivity index (χ1n) is 23.5. The number of halogens is 1. The van der Waals surface area contributed by atoms with Gasteiger partial charge in [0.25, 0.3) is 15.9 Å². The first-order chi connectivity index (χ1) is 32.1. The second kappa shape index (κ2) is 17.4. The summed E-state index contributed by atoms with van der Waals surface area (Å²) in [5.41, 5.74) is 2.68. The fourth-order valence-electron chi connectivity index (χ4n) is 11.4. The number of aliphatic hydroxyl groups is 1. The van der Waals surface area contributed by atoms with E-state index in [4.69, 9.17) is 14.2 Å². The zero-order valence-electron chi connectivity index (χ0n) is 38.0. The number of pyridine rings is 1. The third-order valence-electron chi connectivity index (χ3n) is 15.2. The van der Waals surface area contributed by atoms with Crippen molar-refractivity contribution >= 4 is 38.3 Å². The number of carbonyl (C=O) groups is 1. The highest BCUT2D eigenvalue weighted by atomic mass is 32.2. The van der Waals surface area contributed by atoms with Crippen LogP contribution in [0.25, 0.3) is 11.0 Å². The topological polar surface area (TPSA) is 189 Å². The van der Waals surface area contributed by atoms with Crippen molar-refractivity contribution in [2.75, 3.05) is 31.1 Å². The highest BCUT2D eigenvalue weighted by Gasteiger charge is 2.50. The van der Waals surface area contributed by atoms with E-state index >= 15 is 0 Å². The van der Waals surface area contributed by atoms with Crippen LogP contribution in [0, 0.1) is 27.3 Å². The van der Waals surface area contributed by atoms with Crippen molar-refractivity contribution in [3.05, 3.63) is 106 Å². The van der Waals surface area contributed by atoms with E-state index in [2.05, 4.69) is 62.6 Å². The molecule has 0 unspecified atom stereocenters. The number of amides is 1. The van der Waals surface area contributed by atoms with Crippen LogP contribution in [0.15, 0.2) is 78.0 Å². The van der Waals surface area contributed by atoms with Crippen molar-refractivity contribution in [2.45, 2.75) is 120 Å². The number of anilines is 1. The molecule has 2 saturated heterocycles. The number of hydrogen-bond acceptors (Lipinski definition) is 12. The molecule has 0 bridgehead atoms. The number of sulfonamides is 1.